The summed E-state index contributed by atoms with van der Waals surface area (Å²) >= 11 is 1.51. The minimum Gasteiger partial charge on any atom is -0.324 e. The van der Waals surface area contributed by atoms with Crippen LogP contribution in [0.1, 0.15) is 16.2 Å². The maximum absolute atomic E-state index is 12.8. The van der Waals surface area contributed by atoms with E-state index >= 15 is 0 Å². The van der Waals surface area contributed by atoms with Crippen LogP contribution in [0.4, 0.5) is 11.4 Å². The molecule has 0 spiro atoms. The molecule has 8 heteroatoms. The van der Waals surface area contributed by atoms with E-state index in [1.54, 1.807) is 30.3 Å². The molecule has 5 aromatic rings. The second kappa shape index (κ2) is 8.00. The van der Waals surface area contributed by atoms with Gasteiger partial charge in [-0.2, -0.15) is 0 Å². The molecule has 3 aromatic heterocycles. The number of hydrogen-bond donors (Lipinski definition) is 2. The Balaban J connectivity index is 1.31. The van der Waals surface area contributed by atoms with Gasteiger partial charge in [0, 0.05) is 23.2 Å². The Morgan fingerprint density at radius 1 is 0.903 bits per heavy atom. The van der Waals surface area contributed by atoms with Crippen molar-refractivity contribution in [3.8, 4) is 0 Å². The Morgan fingerprint density at radius 2 is 1.68 bits per heavy atom. The number of aromatic nitrogens is 3. The van der Waals surface area contributed by atoms with Gasteiger partial charge in [-0.05, 0) is 24.3 Å². The highest BCUT2D eigenvalue weighted by Gasteiger charge is 2.14. The van der Waals surface area contributed by atoms with Crippen molar-refractivity contribution in [2.75, 3.05) is 10.6 Å². The summed E-state index contributed by atoms with van der Waals surface area (Å²) in [6.45, 7) is 0. The number of para-hydroxylation sites is 3. The summed E-state index contributed by atoms with van der Waals surface area (Å²) in [5.74, 6) is -0.557. The van der Waals surface area contributed by atoms with Crippen LogP contribution in [-0.4, -0.2) is 26.2 Å². The molecule has 3 heterocycles. The van der Waals surface area contributed by atoms with Crippen molar-refractivity contribution in [3.63, 3.8) is 0 Å². The average Bonchev–Trinajstić information content (AvgIpc) is 3.36. The Bertz CT molecular complexity index is 1390. The van der Waals surface area contributed by atoms with Gasteiger partial charge >= 0.3 is 0 Å². The third-order valence-electron chi connectivity index (χ3n) is 4.77. The summed E-state index contributed by atoms with van der Waals surface area (Å²) < 4.78 is 1.89. The van der Waals surface area contributed by atoms with Crippen LogP contribution < -0.4 is 10.6 Å². The van der Waals surface area contributed by atoms with Crippen LogP contribution in [0.2, 0.25) is 0 Å². The van der Waals surface area contributed by atoms with Crippen LogP contribution in [0.5, 0.6) is 0 Å². The van der Waals surface area contributed by atoms with Gasteiger partial charge in [0.1, 0.15) is 5.69 Å². The van der Waals surface area contributed by atoms with Crippen LogP contribution >= 0.6 is 11.3 Å². The first kappa shape index (κ1) is 19.0. The number of amides is 2. The fourth-order valence-electron chi connectivity index (χ4n) is 3.30. The van der Waals surface area contributed by atoms with Crippen LogP contribution in [0.25, 0.3) is 15.9 Å². The molecule has 0 saturated carbocycles. The van der Waals surface area contributed by atoms with Crippen molar-refractivity contribution in [1.82, 2.24) is 14.4 Å². The molecule has 0 aliphatic carbocycles. The average molecular weight is 427 g/mol. The van der Waals surface area contributed by atoms with Crippen molar-refractivity contribution in [2.45, 2.75) is 6.42 Å². The quantitative estimate of drug-likeness (QED) is 0.436. The molecule has 31 heavy (non-hydrogen) atoms. The van der Waals surface area contributed by atoms with Crippen LogP contribution in [0.15, 0.2) is 78.4 Å². The molecule has 2 amide bonds. The summed E-state index contributed by atoms with van der Waals surface area (Å²) in [5, 5.41) is 8.61. The fraction of sp³-hybridized carbons (Fsp3) is 0.0435. The Kier molecular flexibility index (Phi) is 4.89. The van der Waals surface area contributed by atoms with Crippen molar-refractivity contribution in [1.29, 1.82) is 0 Å². The maximum Gasteiger partial charge on any atom is 0.274 e. The summed E-state index contributed by atoms with van der Waals surface area (Å²) in [5.41, 5.74) is 2.75. The first-order chi connectivity index (χ1) is 15.2. The number of thiazole rings is 1. The van der Waals surface area contributed by atoms with Crippen molar-refractivity contribution in [3.05, 3.63) is 89.8 Å². The highest BCUT2D eigenvalue weighted by molar-refractivity contribution is 7.15. The summed E-state index contributed by atoms with van der Waals surface area (Å²) in [6.07, 6.45) is 3.88. The lowest BCUT2D eigenvalue weighted by Crippen LogP contribution is -2.18. The van der Waals surface area contributed by atoms with Crippen molar-refractivity contribution >= 4 is 50.4 Å². The number of hydrogen-bond acceptors (Lipinski definition) is 5. The summed E-state index contributed by atoms with van der Waals surface area (Å²) in [6, 6.07) is 18.2. The SMILES string of the molecule is O=C(Cc1cn2ccsc2n1)Nc1ccccc1NC(=O)c1ccc2ccccc2n1. The zero-order valence-corrected chi connectivity index (χ0v) is 17.1. The van der Waals surface area contributed by atoms with E-state index < -0.39 is 0 Å². The fourth-order valence-corrected chi connectivity index (χ4v) is 4.02. The minimum atomic E-state index is -0.346. The Morgan fingerprint density at radius 3 is 2.52 bits per heavy atom. The number of fused-ring (bicyclic) bond motifs is 2. The predicted molar refractivity (Wildman–Crippen MR) is 122 cm³/mol. The molecule has 2 N–H and O–H groups in total. The zero-order chi connectivity index (χ0) is 21.2. The monoisotopic (exact) mass is 427 g/mol. The topological polar surface area (TPSA) is 88.4 Å². The van der Waals surface area contributed by atoms with E-state index in [2.05, 4.69) is 20.6 Å². The van der Waals surface area contributed by atoms with E-state index in [1.807, 2.05) is 52.5 Å². The summed E-state index contributed by atoms with van der Waals surface area (Å²) in [7, 11) is 0. The number of carbonyl (C=O) groups is 2. The molecule has 2 aromatic carbocycles. The summed E-state index contributed by atoms with van der Waals surface area (Å²) in [4.78, 5) is 35.0. The van der Waals surface area contributed by atoms with Crippen molar-refractivity contribution in [2.24, 2.45) is 0 Å². The zero-order valence-electron chi connectivity index (χ0n) is 16.3. The van der Waals surface area contributed by atoms with E-state index in [0.29, 0.717) is 22.8 Å². The van der Waals surface area contributed by atoms with Gasteiger partial charge in [-0.25, -0.2) is 9.97 Å². The van der Waals surface area contributed by atoms with Gasteiger partial charge in [0.2, 0.25) is 5.91 Å². The number of anilines is 2. The van der Waals surface area contributed by atoms with E-state index in [1.165, 1.54) is 11.3 Å². The van der Waals surface area contributed by atoms with Gasteiger partial charge in [-0.1, -0.05) is 36.4 Å². The maximum atomic E-state index is 12.8. The third kappa shape index (κ3) is 4.01. The van der Waals surface area contributed by atoms with Gasteiger partial charge < -0.3 is 10.6 Å². The smallest absolute Gasteiger partial charge is 0.274 e. The van der Waals surface area contributed by atoms with E-state index in [-0.39, 0.29) is 18.2 Å². The third-order valence-corrected chi connectivity index (χ3v) is 5.54. The number of imidazole rings is 1. The van der Waals surface area contributed by atoms with Gasteiger partial charge in [0.25, 0.3) is 5.91 Å². The molecule has 0 bridgehead atoms. The molecule has 5 rings (SSSR count). The number of pyridine rings is 1. The number of benzene rings is 2. The second-order valence-electron chi connectivity index (χ2n) is 6.94. The first-order valence-electron chi connectivity index (χ1n) is 9.63. The predicted octanol–water partition coefficient (Wildman–Crippen LogP) is 4.38. The number of carbonyl (C=O) groups excluding carboxylic acids is 2. The number of nitrogens with one attached hydrogen (secondary N) is 2. The van der Waals surface area contributed by atoms with E-state index in [9.17, 15) is 9.59 Å². The molecular weight excluding hydrogens is 410 g/mol. The molecule has 0 unspecified atom stereocenters. The largest absolute Gasteiger partial charge is 0.324 e. The van der Waals surface area contributed by atoms with E-state index in [0.717, 1.165) is 15.9 Å². The molecule has 7 nitrogen and oxygen atoms in total. The van der Waals surface area contributed by atoms with E-state index in [4.69, 9.17) is 0 Å². The lowest BCUT2D eigenvalue weighted by Gasteiger charge is -2.12. The lowest BCUT2D eigenvalue weighted by atomic mass is 10.2. The molecular formula is C23H17N5O2S. The minimum absolute atomic E-state index is 0.142. The lowest BCUT2D eigenvalue weighted by molar-refractivity contribution is -0.115. The van der Waals surface area contributed by atoms with Crippen molar-refractivity contribution < 1.29 is 9.59 Å². The molecule has 0 atom stereocenters. The first-order valence-corrected chi connectivity index (χ1v) is 10.5. The molecule has 0 fully saturated rings. The molecule has 0 aliphatic rings. The van der Waals surface area contributed by atoms with Gasteiger partial charge in [0.15, 0.2) is 4.96 Å². The molecule has 152 valence electrons. The molecule has 0 aliphatic heterocycles. The van der Waals surface area contributed by atoms with Crippen LogP contribution in [-0.2, 0) is 11.2 Å². The van der Waals surface area contributed by atoms with Crippen LogP contribution in [0, 0.1) is 0 Å². The number of rotatable bonds is 5. The van der Waals surface area contributed by atoms with Gasteiger partial charge in [-0.3, -0.25) is 14.0 Å². The highest BCUT2D eigenvalue weighted by atomic mass is 32.1. The van der Waals surface area contributed by atoms with Gasteiger partial charge in [-0.15, -0.1) is 11.3 Å². The normalized spacial score (nSPS) is 11.0. The molecule has 0 radical (unpaired) electrons. The Hall–Kier alpha value is -4.04. The number of nitrogens with zero attached hydrogens (tertiary/aromatic N) is 3. The highest BCUT2D eigenvalue weighted by Crippen LogP contribution is 2.22. The Labute approximate surface area is 181 Å². The standard InChI is InChI=1S/C23H17N5O2S/c29-21(13-16-14-28-11-12-31-23(28)24-16)26-18-7-3-4-8-19(18)27-22(30)20-10-9-15-5-1-2-6-17(15)25-20/h1-12,14H,13H2,(H,26,29)(H,27,30). The second-order valence-corrected chi connectivity index (χ2v) is 7.81. The molecule has 0 saturated heterocycles. The van der Waals surface area contributed by atoms with Gasteiger partial charge in [0.05, 0.1) is 29.0 Å². The van der Waals surface area contributed by atoms with Crippen LogP contribution in [0.3, 0.4) is 0 Å².